The Balaban J connectivity index is 2.00. The highest BCUT2D eigenvalue weighted by Crippen LogP contribution is 2.28. The highest BCUT2D eigenvalue weighted by atomic mass is 32.1. The zero-order valence-electron chi connectivity index (χ0n) is 18.1. The lowest BCUT2D eigenvalue weighted by molar-refractivity contribution is -0.141. The molecule has 0 N–H and O–H groups in total. The van der Waals surface area contributed by atoms with E-state index in [-0.39, 0.29) is 6.54 Å². The number of ether oxygens (including phenoxy) is 3. The van der Waals surface area contributed by atoms with Gasteiger partial charge in [-0.3, -0.25) is 9.59 Å². The molecular weight excluding hydrogens is 416 g/mol. The standard InChI is InChI=1S/C23H24N2O5S/c1-14-10-15(2)22-17(11-14)25(13-21(27)30-5)23(31-22)24-20(26)9-7-16-6-8-18(28-3)19(12-16)29-4/h6-12H,13H2,1-5H3/b9-7-,24-23?. The van der Waals surface area contributed by atoms with E-state index in [2.05, 4.69) is 11.1 Å². The first kappa shape index (κ1) is 22.3. The van der Waals surface area contributed by atoms with Crippen LogP contribution in [0.1, 0.15) is 16.7 Å². The maximum Gasteiger partial charge on any atom is 0.325 e. The Hall–Kier alpha value is -3.39. The lowest BCUT2D eigenvalue weighted by atomic mass is 10.1. The third kappa shape index (κ3) is 5.03. The summed E-state index contributed by atoms with van der Waals surface area (Å²) in [6, 6.07) is 9.38. The summed E-state index contributed by atoms with van der Waals surface area (Å²) in [5, 5.41) is 0. The molecular formula is C23H24N2O5S. The Morgan fingerprint density at radius 3 is 2.48 bits per heavy atom. The molecule has 0 bridgehead atoms. The number of carbonyl (C=O) groups is 2. The number of esters is 1. The van der Waals surface area contributed by atoms with Crippen LogP contribution in [0, 0.1) is 13.8 Å². The number of thiazole rings is 1. The van der Waals surface area contributed by atoms with Gasteiger partial charge in [0.1, 0.15) is 6.54 Å². The second kappa shape index (κ2) is 9.61. The van der Waals surface area contributed by atoms with Crippen molar-refractivity contribution >= 4 is 39.5 Å². The number of methoxy groups -OCH3 is 3. The summed E-state index contributed by atoms with van der Waals surface area (Å²) in [6.07, 6.45) is 3.04. The molecule has 3 rings (SSSR count). The molecule has 1 amide bonds. The van der Waals surface area contributed by atoms with Crippen LogP contribution in [0.5, 0.6) is 11.5 Å². The maximum atomic E-state index is 12.6. The normalized spacial score (nSPS) is 11.8. The molecule has 7 nitrogen and oxygen atoms in total. The molecule has 1 heterocycles. The minimum atomic E-state index is -0.436. The molecule has 0 spiro atoms. The Kier molecular flexibility index (Phi) is 6.91. The SMILES string of the molecule is COC(=O)Cn1c(=NC(=O)/C=C\c2ccc(OC)c(OC)c2)sc2c(C)cc(C)cc21. The average Bonchev–Trinajstić information content (AvgIpc) is 3.09. The summed E-state index contributed by atoms with van der Waals surface area (Å²) in [5.74, 6) is 0.332. The second-order valence-electron chi connectivity index (χ2n) is 6.87. The van der Waals surface area contributed by atoms with E-state index in [1.807, 2.05) is 26.0 Å². The number of benzene rings is 2. The Morgan fingerprint density at radius 1 is 1.06 bits per heavy atom. The monoisotopic (exact) mass is 440 g/mol. The number of hydrogen-bond donors (Lipinski definition) is 0. The molecule has 0 fully saturated rings. The van der Waals surface area contributed by atoms with Crippen molar-refractivity contribution in [3.05, 3.63) is 57.9 Å². The minimum absolute atomic E-state index is 0.0229. The van der Waals surface area contributed by atoms with Crippen LogP contribution in [-0.2, 0) is 20.9 Å². The Morgan fingerprint density at radius 2 is 1.81 bits per heavy atom. The van der Waals surface area contributed by atoms with Crippen molar-refractivity contribution in [2.45, 2.75) is 20.4 Å². The first-order chi connectivity index (χ1) is 14.9. The average molecular weight is 441 g/mol. The van der Waals surface area contributed by atoms with Crippen molar-refractivity contribution in [2.75, 3.05) is 21.3 Å². The second-order valence-corrected chi connectivity index (χ2v) is 7.85. The van der Waals surface area contributed by atoms with Crippen LogP contribution in [0.2, 0.25) is 0 Å². The number of carbonyl (C=O) groups excluding carboxylic acids is 2. The van der Waals surface area contributed by atoms with Crippen molar-refractivity contribution < 1.29 is 23.8 Å². The summed E-state index contributed by atoms with van der Waals surface area (Å²) in [5.41, 5.74) is 3.75. The fourth-order valence-electron chi connectivity index (χ4n) is 3.20. The van der Waals surface area contributed by atoms with E-state index in [4.69, 9.17) is 14.2 Å². The van der Waals surface area contributed by atoms with E-state index >= 15 is 0 Å². The van der Waals surface area contributed by atoms with Crippen LogP contribution in [0.4, 0.5) is 0 Å². The molecule has 0 radical (unpaired) electrons. The largest absolute Gasteiger partial charge is 0.493 e. The molecule has 162 valence electrons. The van der Waals surface area contributed by atoms with Gasteiger partial charge in [0.05, 0.1) is 31.5 Å². The van der Waals surface area contributed by atoms with E-state index in [1.54, 1.807) is 37.0 Å². The molecule has 0 atom stereocenters. The van der Waals surface area contributed by atoms with Crippen molar-refractivity contribution in [3.8, 4) is 11.5 Å². The fourth-order valence-corrected chi connectivity index (χ4v) is 4.28. The van der Waals surface area contributed by atoms with Crippen molar-refractivity contribution in [1.29, 1.82) is 0 Å². The molecule has 8 heteroatoms. The molecule has 0 saturated heterocycles. The summed E-state index contributed by atoms with van der Waals surface area (Å²) < 4.78 is 18.0. The molecule has 0 aliphatic carbocycles. The van der Waals surface area contributed by atoms with E-state index in [0.29, 0.717) is 16.3 Å². The number of aryl methyl sites for hydroxylation is 2. The number of aromatic nitrogens is 1. The van der Waals surface area contributed by atoms with Gasteiger partial charge in [0.2, 0.25) is 0 Å². The summed E-state index contributed by atoms with van der Waals surface area (Å²) in [7, 11) is 4.45. The van der Waals surface area contributed by atoms with Gasteiger partial charge >= 0.3 is 5.97 Å². The van der Waals surface area contributed by atoms with E-state index < -0.39 is 11.9 Å². The first-order valence-electron chi connectivity index (χ1n) is 9.52. The predicted octanol–water partition coefficient (Wildman–Crippen LogP) is 3.65. The highest BCUT2D eigenvalue weighted by molar-refractivity contribution is 7.16. The maximum absolute atomic E-state index is 12.6. The van der Waals surface area contributed by atoms with Crippen LogP contribution < -0.4 is 14.3 Å². The number of rotatable bonds is 6. The van der Waals surface area contributed by atoms with Crippen LogP contribution in [-0.4, -0.2) is 37.8 Å². The number of hydrogen-bond acceptors (Lipinski definition) is 6. The summed E-state index contributed by atoms with van der Waals surface area (Å²) in [6.45, 7) is 3.96. The zero-order valence-corrected chi connectivity index (χ0v) is 18.9. The predicted molar refractivity (Wildman–Crippen MR) is 120 cm³/mol. The molecule has 0 aliphatic heterocycles. The van der Waals surface area contributed by atoms with Gasteiger partial charge in [-0.2, -0.15) is 4.99 Å². The summed E-state index contributed by atoms with van der Waals surface area (Å²) >= 11 is 1.37. The van der Waals surface area contributed by atoms with Gasteiger partial charge in [0.15, 0.2) is 16.3 Å². The Labute approximate surface area is 184 Å². The van der Waals surface area contributed by atoms with Crippen LogP contribution in [0.15, 0.2) is 41.4 Å². The first-order valence-corrected chi connectivity index (χ1v) is 10.3. The van der Waals surface area contributed by atoms with Gasteiger partial charge in [-0.1, -0.05) is 23.5 Å². The topological polar surface area (TPSA) is 79.1 Å². The van der Waals surface area contributed by atoms with E-state index in [1.165, 1.54) is 24.5 Å². The summed E-state index contributed by atoms with van der Waals surface area (Å²) in [4.78, 5) is 29.2. The molecule has 2 aromatic carbocycles. The third-order valence-electron chi connectivity index (χ3n) is 4.66. The van der Waals surface area contributed by atoms with Gasteiger partial charge < -0.3 is 18.8 Å². The number of nitrogens with zero attached hydrogens (tertiary/aromatic N) is 2. The quantitative estimate of drug-likeness (QED) is 0.432. The fraction of sp³-hybridized carbons (Fsp3) is 0.261. The molecule has 31 heavy (non-hydrogen) atoms. The van der Waals surface area contributed by atoms with Crippen LogP contribution >= 0.6 is 11.3 Å². The lowest BCUT2D eigenvalue weighted by Crippen LogP contribution is -2.22. The molecule has 3 aromatic rings. The van der Waals surface area contributed by atoms with Crippen LogP contribution in [0.25, 0.3) is 16.3 Å². The van der Waals surface area contributed by atoms with Gasteiger partial charge in [-0.05, 0) is 54.8 Å². The zero-order chi connectivity index (χ0) is 22.5. The smallest absolute Gasteiger partial charge is 0.325 e. The van der Waals surface area contributed by atoms with Gasteiger partial charge in [-0.15, -0.1) is 0 Å². The lowest BCUT2D eigenvalue weighted by Gasteiger charge is -2.07. The van der Waals surface area contributed by atoms with Crippen molar-refractivity contribution in [3.63, 3.8) is 0 Å². The molecule has 1 aromatic heterocycles. The van der Waals surface area contributed by atoms with Crippen molar-refractivity contribution in [2.24, 2.45) is 4.99 Å². The van der Waals surface area contributed by atoms with Gasteiger partial charge in [-0.25, -0.2) is 0 Å². The number of amides is 1. The number of fused-ring (bicyclic) bond motifs is 1. The molecule has 0 aliphatic rings. The van der Waals surface area contributed by atoms with E-state index in [9.17, 15) is 9.59 Å². The van der Waals surface area contributed by atoms with Crippen molar-refractivity contribution in [1.82, 2.24) is 4.57 Å². The minimum Gasteiger partial charge on any atom is -0.493 e. The highest BCUT2D eigenvalue weighted by Gasteiger charge is 2.13. The van der Waals surface area contributed by atoms with Gasteiger partial charge in [0.25, 0.3) is 5.91 Å². The molecule has 0 saturated carbocycles. The third-order valence-corrected chi connectivity index (χ3v) is 5.89. The van der Waals surface area contributed by atoms with Gasteiger partial charge in [0, 0.05) is 6.08 Å². The van der Waals surface area contributed by atoms with E-state index in [0.717, 1.165) is 26.9 Å². The Bertz CT molecular complexity index is 1240. The molecule has 0 unspecified atom stereocenters. The van der Waals surface area contributed by atoms with Crippen LogP contribution in [0.3, 0.4) is 0 Å².